The SMILES string of the molecule is O=C(Cc1ccc(OC(F)(F)F)cc1)N1CC(CF)C1. The van der Waals surface area contributed by atoms with Crippen molar-refractivity contribution < 1.29 is 27.1 Å². The number of hydrogen-bond donors (Lipinski definition) is 0. The van der Waals surface area contributed by atoms with E-state index in [1.807, 2.05) is 0 Å². The summed E-state index contributed by atoms with van der Waals surface area (Å²) in [5.74, 6) is -0.559. The third-order valence-corrected chi connectivity index (χ3v) is 3.04. The van der Waals surface area contributed by atoms with Gasteiger partial charge in [-0.15, -0.1) is 13.2 Å². The van der Waals surface area contributed by atoms with Crippen LogP contribution in [0.2, 0.25) is 0 Å². The highest BCUT2D eigenvalue weighted by Gasteiger charge is 2.31. The van der Waals surface area contributed by atoms with E-state index in [9.17, 15) is 22.4 Å². The second-order valence-corrected chi connectivity index (χ2v) is 4.69. The van der Waals surface area contributed by atoms with Gasteiger partial charge in [0.15, 0.2) is 0 Å². The smallest absolute Gasteiger partial charge is 0.406 e. The number of nitrogens with zero attached hydrogens (tertiary/aromatic N) is 1. The zero-order valence-electron chi connectivity index (χ0n) is 10.5. The molecule has 1 aromatic carbocycles. The molecule has 2 rings (SSSR count). The van der Waals surface area contributed by atoms with E-state index in [1.165, 1.54) is 17.0 Å². The highest BCUT2D eigenvalue weighted by atomic mass is 19.4. The van der Waals surface area contributed by atoms with Crippen LogP contribution in [0.5, 0.6) is 5.75 Å². The summed E-state index contributed by atoms with van der Waals surface area (Å²) < 4.78 is 51.9. The number of benzene rings is 1. The Morgan fingerprint density at radius 3 is 2.35 bits per heavy atom. The molecule has 1 fully saturated rings. The van der Waals surface area contributed by atoms with Crippen LogP contribution in [-0.4, -0.2) is 36.9 Å². The highest BCUT2D eigenvalue weighted by molar-refractivity contribution is 5.79. The van der Waals surface area contributed by atoms with Crippen LogP contribution in [0.4, 0.5) is 17.6 Å². The lowest BCUT2D eigenvalue weighted by molar-refractivity contribution is -0.274. The maximum atomic E-state index is 12.2. The number of likely N-dealkylation sites (tertiary alicyclic amines) is 1. The Morgan fingerprint density at radius 1 is 1.25 bits per heavy atom. The van der Waals surface area contributed by atoms with E-state index in [2.05, 4.69) is 4.74 Å². The minimum atomic E-state index is -4.73. The van der Waals surface area contributed by atoms with Gasteiger partial charge in [-0.3, -0.25) is 9.18 Å². The molecule has 1 aromatic rings. The Morgan fingerprint density at radius 2 is 1.85 bits per heavy atom. The molecule has 20 heavy (non-hydrogen) atoms. The average molecular weight is 291 g/mol. The lowest BCUT2D eigenvalue weighted by Gasteiger charge is -2.37. The molecular formula is C13H13F4NO2. The normalized spacial score (nSPS) is 15.9. The van der Waals surface area contributed by atoms with Crippen LogP contribution in [0, 0.1) is 5.92 Å². The second-order valence-electron chi connectivity index (χ2n) is 4.69. The van der Waals surface area contributed by atoms with Crippen LogP contribution >= 0.6 is 0 Å². The quantitative estimate of drug-likeness (QED) is 0.798. The maximum absolute atomic E-state index is 12.2. The molecule has 0 bridgehead atoms. The summed E-state index contributed by atoms with van der Waals surface area (Å²) in [6.07, 6.45) is -4.64. The van der Waals surface area contributed by atoms with Gasteiger partial charge < -0.3 is 9.64 Å². The van der Waals surface area contributed by atoms with Gasteiger partial charge in [0, 0.05) is 19.0 Å². The van der Waals surface area contributed by atoms with Crippen molar-refractivity contribution in [2.24, 2.45) is 5.92 Å². The largest absolute Gasteiger partial charge is 0.573 e. The fraction of sp³-hybridized carbons (Fsp3) is 0.462. The molecule has 0 atom stereocenters. The average Bonchev–Trinajstić information content (AvgIpc) is 2.28. The van der Waals surface area contributed by atoms with Gasteiger partial charge >= 0.3 is 6.36 Å². The molecule has 0 saturated carbocycles. The van der Waals surface area contributed by atoms with Gasteiger partial charge in [-0.05, 0) is 17.7 Å². The van der Waals surface area contributed by atoms with Crippen LogP contribution in [0.1, 0.15) is 5.56 Å². The van der Waals surface area contributed by atoms with Gasteiger partial charge in [-0.1, -0.05) is 12.1 Å². The van der Waals surface area contributed by atoms with Gasteiger partial charge in [0.05, 0.1) is 13.1 Å². The summed E-state index contributed by atoms with van der Waals surface area (Å²) in [6, 6.07) is 5.14. The maximum Gasteiger partial charge on any atom is 0.573 e. The molecule has 0 spiro atoms. The Kier molecular flexibility index (Phi) is 4.15. The van der Waals surface area contributed by atoms with E-state index < -0.39 is 13.0 Å². The molecular weight excluding hydrogens is 278 g/mol. The van der Waals surface area contributed by atoms with Crippen LogP contribution < -0.4 is 4.74 Å². The molecule has 1 aliphatic heterocycles. The van der Waals surface area contributed by atoms with Crippen molar-refractivity contribution in [3.8, 4) is 5.75 Å². The van der Waals surface area contributed by atoms with E-state index in [1.54, 1.807) is 0 Å². The third kappa shape index (κ3) is 3.85. The number of alkyl halides is 4. The summed E-state index contributed by atoms with van der Waals surface area (Å²) in [5, 5.41) is 0. The zero-order chi connectivity index (χ0) is 14.8. The predicted molar refractivity (Wildman–Crippen MR) is 62.9 cm³/mol. The fourth-order valence-corrected chi connectivity index (χ4v) is 1.97. The Hall–Kier alpha value is -1.79. The van der Waals surface area contributed by atoms with Crippen molar-refractivity contribution in [1.29, 1.82) is 0 Å². The minimum Gasteiger partial charge on any atom is -0.406 e. The van der Waals surface area contributed by atoms with Gasteiger partial charge in [-0.2, -0.15) is 0 Å². The van der Waals surface area contributed by atoms with Crippen LogP contribution in [0.15, 0.2) is 24.3 Å². The molecule has 1 heterocycles. The summed E-state index contributed by atoms with van der Waals surface area (Å²) >= 11 is 0. The predicted octanol–water partition coefficient (Wildman–Crippen LogP) is 2.56. The number of ether oxygens (including phenoxy) is 1. The molecule has 0 radical (unpaired) electrons. The molecule has 3 nitrogen and oxygen atoms in total. The molecule has 0 aromatic heterocycles. The van der Waals surface area contributed by atoms with E-state index in [-0.39, 0.29) is 24.0 Å². The fourth-order valence-electron chi connectivity index (χ4n) is 1.97. The number of rotatable bonds is 4. The summed E-state index contributed by atoms with van der Waals surface area (Å²) in [6.45, 7) is 0.377. The van der Waals surface area contributed by atoms with Crippen molar-refractivity contribution in [2.75, 3.05) is 19.8 Å². The lowest BCUT2D eigenvalue weighted by Crippen LogP contribution is -2.51. The Bertz CT molecular complexity index is 466. The highest BCUT2D eigenvalue weighted by Crippen LogP contribution is 2.23. The van der Waals surface area contributed by atoms with Gasteiger partial charge in [0.25, 0.3) is 0 Å². The van der Waals surface area contributed by atoms with Crippen molar-refractivity contribution in [3.05, 3.63) is 29.8 Å². The number of carbonyl (C=O) groups excluding carboxylic acids is 1. The zero-order valence-corrected chi connectivity index (χ0v) is 10.5. The number of hydrogen-bond acceptors (Lipinski definition) is 2. The van der Waals surface area contributed by atoms with Gasteiger partial charge in [0.2, 0.25) is 5.91 Å². The van der Waals surface area contributed by atoms with E-state index in [0.29, 0.717) is 18.7 Å². The Labute approximate surface area is 113 Å². The third-order valence-electron chi connectivity index (χ3n) is 3.04. The van der Waals surface area contributed by atoms with Crippen molar-refractivity contribution in [2.45, 2.75) is 12.8 Å². The minimum absolute atomic E-state index is 0.0819. The van der Waals surface area contributed by atoms with Gasteiger partial charge in [-0.25, -0.2) is 0 Å². The van der Waals surface area contributed by atoms with Crippen molar-refractivity contribution in [3.63, 3.8) is 0 Å². The Balaban J connectivity index is 1.86. The topological polar surface area (TPSA) is 29.5 Å². The van der Waals surface area contributed by atoms with Gasteiger partial charge in [0.1, 0.15) is 5.75 Å². The lowest BCUT2D eigenvalue weighted by atomic mass is 10.0. The first-order valence-electron chi connectivity index (χ1n) is 6.06. The number of halogens is 4. The summed E-state index contributed by atoms with van der Waals surface area (Å²) in [4.78, 5) is 13.3. The van der Waals surface area contributed by atoms with Crippen LogP contribution in [-0.2, 0) is 11.2 Å². The summed E-state index contributed by atoms with van der Waals surface area (Å²) in [7, 11) is 0. The van der Waals surface area contributed by atoms with Crippen molar-refractivity contribution >= 4 is 5.91 Å². The molecule has 0 unspecified atom stereocenters. The number of amides is 1. The monoisotopic (exact) mass is 291 g/mol. The second kappa shape index (κ2) is 5.68. The molecule has 7 heteroatoms. The molecule has 0 aliphatic carbocycles. The molecule has 1 aliphatic rings. The standard InChI is InChI=1S/C13H13F4NO2/c14-6-10-7-18(8-10)12(19)5-9-1-3-11(4-2-9)20-13(15,16)17/h1-4,10H,5-8H2. The van der Waals surface area contributed by atoms with Crippen LogP contribution in [0.3, 0.4) is 0 Å². The van der Waals surface area contributed by atoms with Crippen LogP contribution in [0.25, 0.3) is 0 Å². The number of carbonyl (C=O) groups is 1. The van der Waals surface area contributed by atoms with E-state index in [0.717, 1.165) is 12.1 Å². The first kappa shape index (κ1) is 14.6. The molecule has 1 saturated heterocycles. The van der Waals surface area contributed by atoms with Crippen molar-refractivity contribution in [1.82, 2.24) is 4.90 Å². The molecule has 1 amide bonds. The van der Waals surface area contributed by atoms with E-state index >= 15 is 0 Å². The molecule has 0 N–H and O–H groups in total. The summed E-state index contributed by atoms with van der Waals surface area (Å²) in [5.41, 5.74) is 0.591. The molecule has 110 valence electrons. The first-order chi connectivity index (χ1) is 9.37. The van der Waals surface area contributed by atoms with E-state index in [4.69, 9.17) is 0 Å². The first-order valence-corrected chi connectivity index (χ1v) is 6.06.